The van der Waals surface area contributed by atoms with E-state index in [1.807, 2.05) is 12.3 Å². The minimum absolute atomic E-state index is 0.260. The molecule has 2 N–H and O–H groups in total. The van der Waals surface area contributed by atoms with Gasteiger partial charge in [-0.05, 0) is 17.9 Å². The van der Waals surface area contributed by atoms with Crippen LogP contribution in [0.1, 0.15) is 5.56 Å². The number of hydrogen-bond donors (Lipinski definition) is 1. The van der Waals surface area contributed by atoms with Crippen LogP contribution in [0.4, 0.5) is 5.95 Å². The molecule has 0 fully saturated rings. The molecule has 2 heterocycles. The lowest BCUT2D eigenvalue weighted by Crippen LogP contribution is -1.97. The molecule has 0 saturated heterocycles. The Kier molecular flexibility index (Phi) is 1.94. The second-order valence-corrected chi connectivity index (χ2v) is 3.38. The summed E-state index contributed by atoms with van der Waals surface area (Å²) < 4.78 is 0. The predicted molar refractivity (Wildman–Crippen MR) is 52.3 cm³/mol. The molecular weight excluding hydrogens is 184 g/mol. The van der Waals surface area contributed by atoms with Crippen LogP contribution in [0.2, 0.25) is 0 Å². The van der Waals surface area contributed by atoms with Crippen molar-refractivity contribution in [2.45, 2.75) is 6.92 Å². The van der Waals surface area contributed by atoms with E-state index in [2.05, 4.69) is 20.3 Å². The van der Waals surface area contributed by atoms with Crippen molar-refractivity contribution in [3.63, 3.8) is 0 Å². The quantitative estimate of drug-likeness (QED) is 0.743. The van der Waals surface area contributed by atoms with E-state index in [9.17, 15) is 0 Å². The minimum atomic E-state index is 0.260. The lowest BCUT2D eigenvalue weighted by atomic mass is 10.2. The third kappa shape index (κ3) is 1.50. The number of hydrogen-bond acceptors (Lipinski definition) is 5. The molecular formula is C8H8N4S. The molecule has 0 amide bonds. The van der Waals surface area contributed by atoms with Gasteiger partial charge in [0, 0.05) is 10.9 Å². The molecule has 0 bridgehead atoms. The summed E-state index contributed by atoms with van der Waals surface area (Å²) in [5.41, 5.74) is 7.65. The van der Waals surface area contributed by atoms with Crippen LogP contribution in [0, 0.1) is 6.92 Å². The van der Waals surface area contributed by atoms with E-state index in [1.165, 1.54) is 6.33 Å². The Bertz CT molecular complexity index is 424. The molecule has 4 nitrogen and oxygen atoms in total. The van der Waals surface area contributed by atoms with E-state index < -0.39 is 0 Å². The molecule has 0 atom stereocenters. The zero-order valence-corrected chi connectivity index (χ0v) is 7.88. The van der Waals surface area contributed by atoms with Gasteiger partial charge in [-0.3, -0.25) is 0 Å². The molecule has 0 aliphatic carbocycles. The van der Waals surface area contributed by atoms with Gasteiger partial charge in [0.05, 0.1) is 0 Å². The van der Waals surface area contributed by atoms with Crippen LogP contribution in [0.5, 0.6) is 0 Å². The number of anilines is 1. The molecule has 2 aromatic heterocycles. The topological polar surface area (TPSA) is 64.7 Å². The van der Waals surface area contributed by atoms with Crippen LogP contribution in [0.3, 0.4) is 0 Å². The summed E-state index contributed by atoms with van der Waals surface area (Å²) in [7, 11) is 0. The van der Waals surface area contributed by atoms with Gasteiger partial charge in [0.2, 0.25) is 5.95 Å². The summed E-state index contributed by atoms with van der Waals surface area (Å²) in [6.45, 7) is 2.02. The average Bonchev–Trinajstić information content (AvgIpc) is 2.51. The van der Waals surface area contributed by atoms with Crippen molar-refractivity contribution in [3.8, 4) is 11.4 Å². The second kappa shape index (κ2) is 3.10. The Hall–Kier alpha value is -1.49. The zero-order valence-electron chi connectivity index (χ0n) is 7.06. The summed E-state index contributed by atoms with van der Waals surface area (Å²) >= 11 is 1.63. The number of aromatic nitrogens is 3. The van der Waals surface area contributed by atoms with Crippen LogP contribution in [-0.4, -0.2) is 15.0 Å². The van der Waals surface area contributed by atoms with E-state index >= 15 is 0 Å². The van der Waals surface area contributed by atoms with Crippen molar-refractivity contribution in [1.29, 1.82) is 0 Å². The van der Waals surface area contributed by atoms with Crippen molar-refractivity contribution in [2.75, 3.05) is 5.73 Å². The molecule has 0 aliphatic rings. The Morgan fingerprint density at radius 3 is 2.77 bits per heavy atom. The van der Waals surface area contributed by atoms with Gasteiger partial charge >= 0.3 is 0 Å². The molecule has 0 radical (unpaired) electrons. The van der Waals surface area contributed by atoms with Gasteiger partial charge < -0.3 is 5.73 Å². The molecule has 0 aliphatic heterocycles. The van der Waals surface area contributed by atoms with Crippen molar-refractivity contribution in [1.82, 2.24) is 15.0 Å². The summed E-state index contributed by atoms with van der Waals surface area (Å²) in [6, 6.07) is 0. The fraction of sp³-hybridized carbons (Fsp3) is 0.125. The van der Waals surface area contributed by atoms with E-state index in [0.717, 1.165) is 11.1 Å². The summed E-state index contributed by atoms with van der Waals surface area (Å²) in [5.74, 6) is 0.904. The van der Waals surface area contributed by atoms with Crippen molar-refractivity contribution in [2.24, 2.45) is 0 Å². The lowest BCUT2D eigenvalue weighted by Gasteiger charge is -1.97. The van der Waals surface area contributed by atoms with Gasteiger partial charge in [0.1, 0.15) is 6.33 Å². The van der Waals surface area contributed by atoms with Gasteiger partial charge in [0.25, 0.3) is 0 Å². The molecule has 0 unspecified atom stereocenters. The predicted octanol–water partition coefficient (Wildman–Crippen LogP) is 1.49. The molecule has 0 spiro atoms. The first kappa shape index (κ1) is 8.12. The van der Waals surface area contributed by atoms with Gasteiger partial charge in [-0.15, -0.1) is 0 Å². The second-order valence-electron chi connectivity index (χ2n) is 2.64. The fourth-order valence-electron chi connectivity index (χ4n) is 1.03. The van der Waals surface area contributed by atoms with E-state index in [4.69, 9.17) is 5.73 Å². The molecule has 2 rings (SSSR count). The van der Waals surface area contributed by atoms with Gasteiger partial charge in [-0.2, -0.15) is 16.3 Å². The van der Waals surface area contributed by atoms with Crippen LogP contribution in [0.15, 0.2) is 17.1 Å². The summed E-state index contributed by atoms with van der Waals surface area (Å²) in [4.78, 5) is 11.8. The number of nitrogens with two attached hydrogens (primary N) is 1. The number of thiophene rings is 1. The summed E-state index contributed by atoms with van der Waals surface area (Å²) in [6.07, 6.45) is 1.43. The van der Waals surface area contributed by atoms with Gasteiger partial charge in [-0.25, -0.2) is 9.97 Å². The Morgan fingerprint density at radius 2 is 2.15 bits per heavy atom. The molecule has 13 heavy (non-hydrogen) atoms. The van der Waals surface area contributed by atoms with E-state index in [-0.39, 0.29) is 5.95 Å². The highest BCUT2D eigenvalue weighted by atomic mass is 32.1. The molecule has 0 saturated carbocycles. The average molecular weight is 192 g/mol. The van der Waals surface area contributed by atoms with Crippen molar-refractivity contribution >= 4 is 17.3 Å². The van der Waals surface area contributed by atoms with E-state index in [0.29, 0.717) is 5.82 Å². The lowest BCUT2D eigenvalue weighted by molar-refractivity contribution is 1.07. The van der Waals surface area contributed by atoms with E-state index in [1.54, 1.807) is 11.3 Å². The molecule has 66 valence electrons. The maximum atomic E-state index is 5.46. The Morgan fingerprint density at radius 1 is 1.31 bits per heavy atom. The first-order valence-corrected chi connectivity index (χ1v) is 4.69. The third-order valence-corrected chi connectivity index (χ3v) is 2.55. The third-order valence-electron chi connectivity index (χ3n) is 1.69. The highest BCUT2D eigenvalue weighted by Crippen LogP contribution is 2.23. The van der Waals surface area contributed by atoms with Gasteiger partial charge in [0.15, 0.2) is 5.82 Å². The molecule has 5 heteroatoms. The highest BCUT2D eigenvalue weighted by molar-refractivity contribution is 7.08. The minimum Gasteiger partial charge on any atom is -0.368 e. The smallest absolute Gasteiger partial charge is 0.223 e. The first-order chi connectivity index (χ1) is 6.27. The SMILES string of the molecule is Cc1cscc1-c1ncnc(N)n1. The molecule has 0 aromatic carbocycles. The Labute approximate surface area is 79.5 Å². The monoisotopic (exact) mass is 192 g/mol. The molecule has 2 aromatic rings. The van der Waals surface area contributed by atoms with Crippen LogP contribution < -0.4 is 5.73 Å². The van der Waals surface area contributed by atoms with Crippen molar-refractivity contribution in [3.05, 3.63) is 22.7 Å². The number of rotatable bonds is 1. The van der Waals surface area contributed by atoms with Crippen LogP contribution >= 0.6 is 11.3 Å². The summed E-state index contributed by atoms with van der Waals surface area (Å²) in [5, 5.41) is 4.05. The Balaban J connectivity index is 2.53. The fourth-order valence-corrected chi connectivity index (χ4v) is 1.85. The maximum Gasteiger partial charge on any atom is 0.223 e. The first-order valence-electron chi connectivity index (χ1n) is 3.75. The van der Waals surface area contributed by atoms with Crippen LogP contribution in [-0.2, 0) is 0 Å². The largest absolute Gasteiger partial charge is 0.368 e. The van der Waals surface area contributed by atoms with Gasteiger partial charge in [-0.1, -0.05) is 0 Å². The number of aryl methyl sites for hydroxylation is 1. The normalized spacial score (nSPS) is 10.2. The standard InChI is InChI=1S/C8H8N4S/c1-5-2-13-3-6(5)7-10-4-11-8(9)12-7/h2-4H,1H3,(H2,9,10,11,12). The number of nitrogen functional groups attached to an aromatic ring is 1. The zero-order chi connectivity index (χ0) is 9.26. The van der Waals surface area contributed by atoms with Crippen molar-refractivity contribution < 1.29 is 0 Å². The highest BCUT2D eigenvalue weighted by Gasteiger charge is 2.05. The number of nitrogens with zero attached hydrogens (tertiary/aromatic N) is 3. The maximum absolute atomic E-state index is 5.46. The van der Waals surface area contributed by atoms with Crippen LogP contribution in [0.25, 0.3) is 11.4 Å².